The molecule has 5 nitrogen and oxygen atoms in total. The molecule has 0 spiro atoms. The van der Waals surface area contributed by atoms with Gasteiger partial charge < -0.3 is 9.47 Å². The third-order valence-corrected chi connectivity index (χ3v) is 3.79. The minimum atomic E-state index is -0.0698. The van der Waals surface area contributed by atoms with E-state index in [0.29, 0.717) is 30.3 Å². The Balaban J connectivity index is 1.84. The quantitative estimate of drug-likeness (QED) is 0.646. The fraction of sp³-hybridized carbons (Fsp3) is 0.294. The molecular formula is C17H18N2O3. The number of hydrogen-bond donors (Lipinski definition) is 0. The van der Waals surface area contributed by atoms with Crippen molar-refractivity contribution in [3.8, 4) is 11.5 Å². The summed E-state index contributed by atoms with van der Waals surface area (Å²) in [6.07, 6.45) is 3.39. The van der Waals surface area contributed by atoms with Crippen LogP contribution in [-0.4, -0.2) is 28.8 Å². The largest absolute Gasteiger partial charge is 0.486 e. The molecule has 0 amide bonds. The van der Waals surface area contributed by atoms with E-state index in [-0.39, 0.29) is 5.78 Å². The second kappa shape index (κ2) is 5.67. The maximum absolute atomic E-state index is 12.3. The van der Waals surface area contributed by atoms with Gasteiger partial charge in [0.1, 0.15) is 13.2 Å². The van der Waals surface area contributed by atoms with E-state index >= 15 is 0 Å². The van der Waals surface area contributed by atoms with Gasteiger partial charge in [-0.1, -0.05) is 0 Å². The molecule has 1 aromatic carbocycles. The number of aryl methyl sites for hydroxylation is 2. The van der Waals surface area contributed by atoms with Crippen molar-refractivity contribution >= 4 is 11.9 Å². The maximum Gasteiger partial charge on any atom is 0.185 e. The SMILES string of the molecule is Cc1nn(C)c(C)c1/C=C/C(=O)c1ccc2c(c1)OCCO2. The van der Waals surface area contributed by atoms with E-state index in [9.17, 15) is 4.79 Å². The van der Waals surface area contributed by atoms with Crippen LogP contribution in [0.3, 0.4) is 0 Å². The fourth-order valence-electron chi connectivity index (χ4n) is 2.48. The zero-order chi connectivity index (χ0) is 15.7. The number of carbonyl (C=O) groups excluding carboxylic acids is 1. The molecule has 3 rings (SSSR count). The zero-order valence-electron chi connectivity index (χ0n) is 12.9. The van der Waals surface area contributed by atoms with Crippen molar-refractivity contribution in [2.24, 2.45) is 7.05 Å². The van der Waals surface area contributed by atoms with E-state index in [4.69, 9.17) is 9.47 Å². The van der Waals surface area contributed by atoms with Gasteiger partial charge in [-0.15, -0.1) is 0 Å². The van der Waals surface area contributed by atoms with Crippen LogP contribution in [-0.2, 0) is 7.05 Å². The van der Waals surface area contributed by atoms with Crippen molar-refractivity contribution in [2.75, 3.05) is 13.2 Å². The second-order valence-corrected chi connectivity index (χ2v) is 5.26. The van der Waals surface area contributed by atoms with E-state index < -0.39 is 0 Å². The number of ether oxygens (including phenoxy) is 2. The van der Waals surface area contributed by atoms with Crippen molar-refractivity contribution in [3.63, 3.8) is 0 Å². The Bertz CT molecular complexity index is 760. The molecule has 2 heterocycles. The number of ketones is 1. The molecule has 0 aliphatic carbocycles. The first-order valence-corrected chi connectivity index (χ1v) is 7.18. The minimum absolute atomic E-state index is 0.0698. The number of allylic oxidation sites excluding steroid dienone is 1. The van der Waals surface area contributed by atoms with Gasteiger partial charge in [0.05, 0.1) is 5.69 Å². The molecule has 0 radical (unpaired) electrons. The van der Waals surface area contributed by atoms with Gasteiger partial charge in [-0.25, -0.2) is 0 Å². The molecule has 114 valence electrons. The van der Waals surface area contributed by atoms with E-state index in [1.165, 1.54) is 0 Å². The minimum Gasteiger partial charge on any atom is -0.486 e. The Labute approximate surface area is 129 Å². The predicted octanol–water partition coefficient (Wildman–Crippen LogP) is 2.70. The molecule has 1 aliphatic heterocycles. The third kappa shape index (κ3) is 2.62. The van der Waals surface area contributed by atoms with Crippen LogP contribution in [0.15, 0.2) is 24.3 Å². The molecule has 5 heteroatoms. The monoisotopic (exact) mass is 298 g/mol. The fourth-order valence-corrected chi connectivity index (χ4v) is 2.48. The molecule has 0 saturated carbocycles. The lowest BCUT2D eigenvalue weighted by Gasteiger charge is -2.18. The molecular weight excluding hydrogens is 280 g/mol. The van der Waals surface area contributed by atoms with Gasteiger partial charge in [0.15, 0.2) is 17.3 Å². The highest BCUT2D eigenvalue weighted by atomic mass is 16.6. The average Bonchev–Trinajstić information content (AvgIpc) is 2.77. The highest BCUT2D eigenvalue weighted by Crippen LogP contribution is 2.31. The second-order valence-electron chi connectivity index (χ2n) is 5.26. The number of hydrogen-bond acceptors (Lipinski definition) is 4. The number of carbonyl (C=O) groups is 1. The van der Waals surface area contributed by atoms with E-state index in [0.717, 1.165) is 17.0 Å². The maximum atomic E-state index is 12.3. The summed E-state index contributed by atoms with van der Waals surface area (Å²) in [6.45, 7) is 4.96. The standard InChI is InChI=1S/C17H18N2O3/c1-11-14(12(2)19(3)18-11)5-6-15(20)13-4-7-16-17(10-13)22-9-8-21-16/h4-7,10H,8-9H2,1-3H3/b6-5+. The first-order chi connectivity index (χ1) is 10.6. The summed E-state index contributed by atoms with van der Waals surface area (Å²) in [7, 11) is 1.89. The van der Waals surface area contributed by atoms with Gasteiger partial charge in [0.25, 0.3) is 0 Å². The molecule has 0 N–H and O–H groups in total. The summed E-state index contributed by atoms with van der Waals surface area (Å²) in [5.41, 5.74) is 3.50. The van der Waals surface area contributed by atoms with Crippen molar-refractivity contribution in [1.82, 2.24) is 9.78 Å². The summed E-state index contributed by atoms with van der Waals surface area (Å²) in [5.74, 6) is 1.24. The molecule has 0 bridgehead atoms. The Morgan fingerprint density at radius 3 is 2.64 bits per heavy atom. The highest BCUT2D eigenvalue weighted by Gasteiger charge is 2.14. The predicted molar refractivity (Wildman–Crippen MR) is 83.5 cm³/mol. The average molecular weight is 298 g/mol. The summed E-state index contributed by atoms with van der Waals surface area (Å²) < 4.78 is 12.8. The molecule has 0 fully saturated rings. The van der Waals surface area contributed by atoms with Crippen LogP contribution < -0.4 is 9.47 Å². The Kier molecular flexibility index (Phi) is 3.71. The van der Waals surface area contributed by atoms with Crippen molar-refractivity contribution in [3.05, 3.63) is 46.8 Å². The topological polar surface area (TPSA) is 53.4 Å². The number of fused-ring (bicyclic) bond motifs is 1. The molecule has 22 heavy (non-hydrogen) atoms. The van der Waals surface area contributed by atoms with Crippen molar-refractivity contribution in [2.45, 2.75) is 13.8 Å². The number of nitrogens with zero attached hydrogens (tertiary/aromatic N) is 2. The lowest BCUT2D eigenvalue weighted by atomic mass is 10.1. The van der Waals surface area contributed by atoms with Crippen LogP contribution in [0.5, 0.6) is 11.5 Å². The Morgan fingerprint density at radius 1 is 1.23 bits per heavy atom. The molecule has 1 aliphatic rings. The summed E-state index contributed by atoms with van der Waals surface area (Å²) in [4.78, 5) is 12.3. The van der Waals surface area contributed by atoms with Gasteiger partial charge in [-0.05, 0) is 44.2 Å². The van der Waals surface area contributed by atoms with Crippen LogP contribution in [0.2, 0.25) is 0 Å². The van der Waals surface area contributed by atoms with Crippen molar-refractivity contribution < 1.29 is 14.3 Å². The van der Waals surface area contributed by atoms with Gasteiger partial charge in [0.2, 0.25) is 0 Å². The summed E-state index contributed by atoms with van der Waals surface area (Å²) in [6, 6.07) is 5.25. The van der Waals surface area contributed by atoms with Gasteiger partial charge >= 0.3 is 0 Å². The molecule has 1 aromatic heterocycles. The van der Waals surface area contributed by atoms with Crippen LogP contribution >= 0.6 is 0 Å². The van der Waals surface area contributed by atoms with Gasteiger partial charge in [0, 0.05) is 23.9 Å². The van der Waals surface area contributed by atoms with Crippen LogP contribution in [0, 0.1) is 13.8 Å². The lowest BCUT2D eigenvalue weighted by Crippen LogP contribution is -2.15. The van der Waals surface area contributed by atoms with E-state index in [1.807, 2.05) is 31.7 Å². The van der Waals surface area contributed by atoms with Gasteiger partial charge in [-0.2, -0.15) is 5.10 Å². The van der Waals surface area contributed by atoms with E-state index in [2.05, 4.69) is 5.10 Å². The molecule has 0 atom stereocenters. The summed E-state index contributed by atoms with van der Waals surface area (Å²) >= 11 is 0. The molecule has 2 aromatic rings. The highest BCUT2D eigenvalue weighted by molar-refractivity contribution is 6.07. The van der Waals surface area contributed by atoms with Gasteiger partial charge in [-0.3, -0.25) is 9.48 Å². The Morgan fingerprint density at radius 2 is 1.95 bits per heavy atom. The third-order valence-electron chi connectivity index (χ3n) is 3.79. The first-order valence-electron chi connectivity index (χ1n) is 7.18. The lowest BCUT2D eigenvalue weighted by molar-refractivity contribution is 0.104. The molecule has 0 saturated heterocycles. The normalized spacial score (nSPS) is 13.6. The smallest absolute Gasteiger partial charge is 0.185 e. The first kappa shape index (κ1) is 14.4. The number of aromatic nitrogens is 2. The van der Waals surface area contributed by atoms with Crippen molar-refractivity contribution in [1.29, 1.82) is 0 Å². The van der Waals surface area contributed by atoms with E-state index in [1.54, 1.807) is 24.3 Å². The van der Waals surface area contributed by atoms with Crippen LogP contribution in [0.1, 0.15) is 27.3 Å². The summed E-state index contributed by atoms with van der Waals surface area (Å²) in [5, 5.41) is 4.34. The molecule has 0 unspecified atom stereocenters. The zero-order valence-corrected chi connectivity index (χ0v) is 12.9. The number of benzene rings is 1. The van der Waals surface area contributed by atoms with Crippen LogP contribution in [0.4, 0.5) is 0 Å². The Hall–Kier alpha value is -2.56. The number of rotatable bonds is 3. The van der Waals surface area contributed by atoms with Crippen LogP contribution in [0.25, 0.3) is 6.08 Å².